The fourth-order valence-electron chi connectivity index (χ4n) is 27.1. The largest absolute Gasteiger partial charge is 0.469 e. The van der Waals surface area contributed by atoms with Crippen LogP contribution < -0.4 is 5.32 Å². The molecular formula is C68H84N2O11. The van der Waals surface area contributed by atoms with E-state index in [9.17, 15) is 15.3 Å². The Hall–Kier alpha value is -3.85. The molecule has 13 heteroatoms. The number of nitrogens with one attached hydrogen (secondary N) is 1. The maximum absolute atomic E-state index is 17.0. The lowest BCUT2D eigenvalue weighted by Crippen LogP contribution is -2.82. The van der Waals surface area contributed by atoms with Crippen LogP contribution >= 0.6 is 0 Å². The molecule has 5 saturated heterocycles. The van der Waals surface area contributed by atoms with Gasteiger partial charge in [0, 0.05) is 35.4 Å². The number of ketones is 1. The second kappa shape index (κ2) is 16.6. The van der Waals surface area contributed by atoms with Crippen molar-refractivity contribution in [2.75, 3.05) is 26.4 Å². The third kappa shape index (κ3) is 5.57. The Morgan fingerprint density at radius 2 is 1.73 bits per heavy atom. The predicted molar refractivity (Wildman–Crippen MR) is 294 cm³/mol. The standard InChI is InChI=1S/C68H84N2O11/c1-61-31-47-48-16-14-40-12-7-21-63(40)23-18-42-29-43-17-22-62(2)54-52(73)56(74)66(41-11-6-10-37(27-41)26-36-8-4-3-5-9-36,53(47)64(54)34-78-59(75)55(65(42,48)63)67(43,64)81-62)68(61)58(80-68)60(76)79-57(61)45-20-25-77-51(45)30-46(50(72)33-71)38-13-15-44-39(28-38)19-24-70-35-69-32-49(44)70/h3-5,8-9,17,19-20,24-25,37-42,44,46-50,53-58,69,71-72,74H,6-7,10-16,18,21-23,26-35H2,1-2H3. The van der Waals surface area contributed by atoms with Crippen LogP contribution in [0.4, 0.5) is 0 Å². The average Bonchev–Trinajstić information content (AvgIpc) is 1.52. The van der Waals surface area contributed by atoms with Gasteiger partial charge in [0.25, 0.3) is 0 Å². The normalized spacial score (nSPS) is 53.8. The molecule has 0 amide bonds. The average molecular weight is 1110 g/mol. The van der Waals surface area contributed by atoms with Crippen LogP contribution in [0.15, 0.2) is 71.0 Å². The van der Waals surface area contributed by atoms with Crippen molar-refractivity contribution in [1.29, 1.82) is 0 Å². The zero-order valence-electron chi connectivity index (χ0n) is 47.5. The number of cyclic esters (lactones) is 2. The van der Waals surface area contributed by atoms with E-state index in [4.69, 9.17) is 23.4 Å². The van der Waals surface area contributed by atoms with Crippen LogP contribution in [-0.2, 0) is 46.2 Å². The van der Waals surface area contributed by atoms with E-state index in [1.807, 2.05) is 6.07 Å². The number of Topliss-reactive ketones (excluding diaryl/α,β-unsaturated/α-hetero) is 1. The molecule has 5 spiro atoms. The highest BCUT2D eigenvalue weighted by Gasteiger charge is 3.00. The first-order chi connectivity index (χ1) is 39.3. The molecule has 1 aromatic heterocycles. The monoisotopic (exact) mass is 1100 g/mol. The van der Waals surface area contributed by atoms with E-state index in [1.165, 1.54) is 17.6 Å². The number of aliphatic hydroxyl groups is 3. The van der Waals surface area contributed by atoms with Gasteiger partial charge in [-0.2, -0.15) is 0 Å². The highest BCUT2D eigenvalue weighted by Crippen LogP contribution is 2.93. The minimum absolute atomic E-state index is 0.0610. The molecule has 7 aliphatic heterocycles. The van der Waals surface area contributed by atoms with Gasteiger partial charge in [-0.3, -0.25) is 14.9 Å². The molecule has 81 heavy (non-hydrogen) atoms. The van der Waals surface area contributed by atoms with E-state index in [-0.39, 0.29) is 77.7 Å². The number of epoxide rings is 1. The topological polar surface area (TPSA) is 181 Å². The van der Waals surface area contributed by atoms with Gasteiger partial charge in [-0.1, -0.05) is 68.7 Å². The summed E-state index contributed by atoms with van der Waals surface area (Å²) in [6.45, 7) is 5.98. The number of carbonyl (C=O) groups excluding carboxylic acids is 3. The summed E-state index contributed by atoms with van der Waals surface area (Å²) in [4.78, 5) is 51.1. The first-order valence-corrected chi connectivity index (χ1v) is 32.5. The van der Waals surface area contributed by atoms with Gasteiger partial charge >= 0.3 is 11.9 Å². The van der Waals surface area contributed by atoms with Gasteiger partial charge in [0.2, 0.25) is 0 Å². The SMILES string of the molecule is CC12CC=C3CC4CCC56CCCC5CCC5C7CC8(C)C(c9ccoc9CC(C(O)CO)C9CCC%10C(C=CN%11CNCC%10%11)C9)OC(=O)C9OC98C8(C9CCCC(Cc%10ccccc%10)C9)C(O)C(=O)C1C1(COC(=O)C(C31O2)C456)C78. The number of benzene rings is 1. The summed E-state index contributed by atoms with van der Waals surface area (Å²) in [6.07, 6.45) is 21.7. The van der Waals surface area contributed by atoms with Gasteiger partial charge in [-0.25, -0.2) is 4.79 Å². The van der Waals surface area contributed by atoms with Gasteiger partial charge < -0.3 is 43.6 Å². The molecule has 5 bridgehead atoms. The molecule has 9 saturated carbocycles. The van der Waals surface area contributed by atoms with Crippen molar-refractivity contribution >= 4 is 17.7 Å². The van der Waals surface area contributed by atoms with Crippen molar-refractivity contribution in [3.05, 3.63) is 83.5 Å². The number of allylic oxidation sites excluding steroid dienone is 1. The van der Waals surface area contributed by atoms with Crippen LogP contribution in [-0.4, -0.2) is 106 Å². The fraction of sp³-hybridized carbons (Fsp3) is 0.750. The highest BCUT2D eigenvalue weighted by molar-refractivity contribution is 5.94. The lowest BCUT2D eigenvalue weighted by atomic mass is 9.29. The number of furan rings is 1. The van der Waals surface area contributed by atoms with Crippen LogP contribution in [0.1, 0.15) is 146 Å². The molecule has 8 heterocycles. The van der Waals surface area contributed by atoms with Gasteiger partial charge in [-0.05, 0) is 203 Å². The van der Waals surface area contributed by atoms with Crippen molar-refractivity contribution < 1.29 is 53.1 Å². The molecule has 1 aromatic carbocycles. The quantitative estimate of drug-likeness (QED) is 0.107. The highest BCUT2D eigenvalue weighted by atomic mass is 16.7. The molecule has 4 N–H and O–H groups in total. The third-order valence-electron chi connectivity index (χ3n) is 28.9. The van der Waals surface area contributed by atoms with Crippen LogP contribution in [0.2, 0.25) is 0 Å². The van der Waals surface area contributed by atoms with Crippen molar-refractivity contribution in [2.24, 2.45) is 104 Å². The molecule has 9 aliphatic carbocycles. The summed E-state index contributed by atoms with van der Waals surface area (Å²) >= 11 is 0. The van der Waals surface area contributed by atoms with Crippen molar-refractivity contribution in [3.63, 3.8) is 0 Å². The Bertz CT molecular complexity index is 3090. The summed E-state index contributed by atoms with van der Waals surface area (Å²) < 4.78 is 36.6. The van der Waals surface area contributed by atoms with Crippen molar-refractivity contribution in [1.82, 2.24) is 10.2 Å². The number of esters is 2. The van der Waals surface area contributed by atoms with E-state index in [1.54, 1.807) is 6.26 Å². The Labute approximate surface area is 476 Å². The Kier molecular flexibility index (Phi) is 10.3. The summed E-state index contributed by atoms with van der Waals surface area (Å²) in [7, 11) is 0. The summed E-state index contributed by atoms with van der Waals surface area (Å²) in [5.41, 5.74) is -4.00. The van der Waals surface area contributed by atoms with E-state index in [0.717, 1.165) is 115 Å². The van der Waals surface area contributed by atoms with E-state index >= 15 is 14.4 Å². The minimum atomic E-state index is -1.48. The number of fused-ring (bicyclic) bond motifs is 6. The molecule has 13 nitrogen and oxygen atoms in total. The van der Waals surface area contributed by atoms with Crippen LogP contribution in [0.3, 0.4) is 0 Å². The molecule has 0 radical (unpaired) electrons. The molecule has 432 valence electrons. The van der Waals surface area contributed by atoms with E-state index in [2.05, 4.69) is 72.7 Å². The second-order valence-corrected chi connectivity index (χ2v) is 30.7. The summed E-state index contributed by atoms with van der Waals surface area (Å²) in [6, 6.07) is 13.2. The predicted octanol–water partition coefficient (Wildman–Crippen LogP) is 8.58. The lowest BCUT2D eigenvalue weighted by molar-refractivity contribution is -0.302. The summed E-state index contributed by atoms with van der Waals surface area (Å²) in [5, 5.41) is 41.0. The molecule has 14 fully saturated rings. The van der Waals surface area contributed by atoms with Gasteiger partial charge in [-0.15, -0.1) is 0 Å². The first-order valence-electron chi connectivity index (χ1n) is 32.5. The van der Waals surface area contributed by atoms with Crippen LogP contribution in [0, 0.1) is 104 Å². The Balaban J connectivity index is 0.847. The van der Waals surface area contributed by atoms with Crippen molar-refractivity contribution in [2.45, 2.75) is 183 Å². The number of aliphatic hydroxyl groups excluding tert-OH is 3. The third-order valence-corrected chi connectivity index (χ3v) is 28.9. The van der Waals surface area contributed by atoms with Crippen molar-refractivity contribution in [3.8, 4) is 0 Å². The van der Waals surface area contributed by atoms with E-state index in [0.29, 0.717) is 48.8 Å². The minimum Gasteiger partial charge on any atom is -0.469 e. The number of rotatable bonds is 9. The molecule has 18 rings (SSSR count). The fourth-order valence-corrected chi connectivity index (χ4v) is 27.1. The maximum Gasteiger partial charge on any atom is 0.339 e. The molecule has 26 atom stereocenters. The van der Waals surface area contributed by atoms with Gasteiger partial charge in [0.1, 0.15) is 35.8 Å². The van der Waals surface area contributed by atoms with E-state index < -0.39 is 80.7 Å². The maximum atomic E-state index is 17.0. The van der Waals surface area contributed by atoms with Gasteiger partial charge in [0.05, 0.1) is 48.5 Å². The Morgan fingerprint density at radius 1 is 0.864 bits per heavy atom. The van der Waals surface area contributed by atoms with Gasteiger partial charge in [0.15, 0.2) is 11.9 Å². The number of carbonyl (C=O) groups is 3. The molecule has 2 aromatic rings. The number of ether oxygens (including phenoxy) is 4. The zero-order valence-corrected chi connectivity index (χ0v) is 47.5. The summed E-state index contributed by atoms with van der Waals surface area (Å²) in [5.74, 6) is -0.410. The Morgan fingerprint density at radius 3 is 2.59 bits per heavy atom. The smallest absolute Gasteiger partial charge is 0.339 e. The number of nitrogens with zero attached hydrogens (tertiary/aromatic N) is 1. The van der Waals surface area contributed by atoms with Crippen LogP contribution in [0.25, 0.3) is 0 Å². The molecule has 16 aliphatic rings. The second-order valence-electron chi connectivity index (χ2n) is 30.7. The molecule has 26 unspecified atom stereocenters. The molecular weight excluding hydrogens is 1020 g/mol. The first kappa shape index (κ1) is 50.5. The lowest BCUT2D eigenvalue weighted by Gasteiger charge is -2.73. The van der Waals surface area contributed by atoms with Crippen LogP contribution in [0.5, 0.6) is 0 Å². The number of hydrogen-bond donors (Lipinski definition) is 4. The number of hydrogen-bond acceptors (Lipinski definition) is 13. The zero-order chi connectivity index (χ0) is 54.6.